The monoisotopic (exact) mass is 356 g/mol. The van der Waals surface area contributed by atoms with Crippen molar-refractivity contribution in [2.45, 2.75) is 20.0 Å². The van der Waals surface area contributed by atoms with Crippen LogP contribution in [0.1, 0.15) is 16.7 Å². The zero-order chi connectivity index (χ0) is 17.0. The fourth-order valence-corrected chi connectivity index (χ4v) is 3.19. The van der Waals surface area contributed by atoms with Crippen molar-refractivity contribution in [1.29, 1.82) is 0 Å². The molecule has 0 saturated heterocycles. The first-order chi connectivity index (χ1) is 10.8. The number of rotatable bonds is 6. The van der Waals surface area contributed by atoms with Gasteiger partial charge in [-0.05, 0) is 24.6 Å². The van der Waals surface area contributed by atoms with Gasteiger partial charge in [0.15, 0.2) is 0 Å². The normalized spacial score (nSPS) is 11.9. The number of benzene rings is 2. The van der Waals surface area contributed by atoms with E-state index in [-0.39, 0.29) is 23.7 Å². The zero-order valence-electron chi connectivity index (χ0n) is 12.9. The van der Waals surface area contributed by atoms with Crippen LogP contribution < -0.4 is 4.72 Å². The van der Waals surface area contributed by atoms with E-state index < -0.39 is 16.0 Å². The summed E-state index contributed by atoms with van der Waals surface area (Å²) < 4.78 is 41.8. The molecule has 0 aliphatic heterocycles. The van der Waals surface area contributed by atoms with E-state index in [0.29, 0.717) is 0 Å². The average molecular weight is 357 g/mol. The fourth-order valence-electron chi connectivity index (χ4n) is 2.10. The van der Waals surface area contributed by atoms with Gasteiger partial charge in [-0.15, -0.1) is 0 Å². The van der Waals surface area contributed by atoms with Gasteiger partial charge in [0, 0.05) is 30.7 Å². The van der Waals surface area contributed by atoms with Gasteiger partial charge in [0.25, 0.3) is 10.2 Å². The standard InChI is InChI=1S/C16H18ClFN2O2S/c1-12-5-3-6-13(9-12)10-19-23(21,22)20(2)11-14-15(17)7-4-8-16(14)18/h3-9,19H,10-11H2,1-2H3. The summed E-state index contributed by atoms with van der Waals surface area (Å²) in [4.78, 5) is 0. The molecule has 0 spiro atoms. The highest BCUT2D eigenvalue weighted by Gasteiger charge is 2.20. The van der Waals surface area contributed by atoms with Gasteiger partial charge in [0.1, 0.15) is 5.82 Å². The van der Waals surface area contributed by atoms with Crippen LogP contribution in [0.25, 0.3) is 0 Å². The first-order valence-corrected chi connectivity index (χ1v) is 8.81. The Balaban J connectivity index is 2.07. The Labute approximate surface area is 141 Å². The van der Waals surface area contributed by atoms with E-state index in [1.165, 1.54) is 25.2 Å². The maximum atomic E-state index is 13.8. The molecule has 124 valence electrons. The summed E-state index contributed by atoms with van der Waals surface area (Å²) in [5.74, 6) is -0.529. The van der Waals surface area contributed by atoms with E-state index in [0.717, 1.165) is 15.4 Å². The molecule has 7 heteroatoms. The molecule has 0 aromatic heterocycles. The van der Waals surface area contributed by atoms with E-state index in [1.54, 1.807) is 0 Å². The lowest BCUT2D eigenvalue weighted by atomic mass is 10.1. The predicted molar refractivity (Wildman–Crippen MR) is 89.8 cm³/mol. The fraction of sp³-hybridized carbons (Fsp3) is 0.250. The third kappa shape index (κ3) is 4.75. The van der Waals surface area contributed by atoms with Crippen molar-refractivity contribution < 1.29 is 12.8 Å². The molecule has 0 amide bonds. The second-order valence-corrected chi connectivity index (χ2v) is 7.54. The first kappa shape index (κ1) is 17.9. The Morgan fingerprint density at radius 3 is 2.57 bits per heavy atom. The molecule has 4 nitrogen and oxygen atoms in total. The van der Waals surface area contributed by atoms with Gasteiger partial charge in [-0.2, -0.15) is 17.4 Å². The Kier molecular flexibility index (Phi) is 5.75. The molecule has 1 N–H and O–H groups in total. The molecule has 23 heavy (non-hydrogen) atoms. The molecule has 0 fully saturated rings. The minimum Gasteiger partial charge on any atom is -0.207 e. The van der Waals surface area contributed by atoms with Crippen molar-refractivity contribution in [3.8, 4) is 0 Å². The number of halogens is 2. The Morgan fingerprint density at radius 2 is 1.91 bits per heavy atom. The second kappa shape index (κ2) is 7.40. The molecule has 0 radical (unpaired) electrons. The lowest BCUT2D eigenvalue weighted by molar-refractivity contribution is 0.446. The van der Waals surface area contributed by atoms with E-state index in [4.69, 9.17) is 11.6 Å². The molecule has 2 aromatic rings. The van der Waals surface area contributed by atoms with Gasteiger partial charge in [0.2, 0.25) is 0 Å². The summed E-state index contributed by atoms with van der Waals surface area (Å²) in [6.45, 7) is 1.96. The van der Waals surface area contributed by atoms with Gasteiger partial charge in [-0.1, -0.05) is 47.5 Å². The molecular weight excluding hydrogens is 339 g/mol. The third-order valence-corrected chi connectivity index (χ3v) is 5.21. The lowest BCUT2D eigenvalue weighted by Gasteiger charge is -2.19. The largest absolute Gasteiger partial charge is 0.279 e. The lowest BCUT2D eigenvalue weighted by Crippen LogP contribution is -2.37. The Hall–Kier alpha value is -1.47. The van der Waals surface area contributed by atoms with E-state index in [1.807, 2.05) is 31.2 Å². The van der Waals surface area contributed by atoms with Gasteiger partial charge < -0.3 is 0 Å². The highest BCUT2D eigenvalue weighted by atomic mass is 35.5. The maximum Gasteiger partial charge on any atom is 0.279 e. The summed E-state index contributed by atoms with van der Waals surface area (Å²) in [5.41, 5.74) is 2.05. The summed E-state index contributed by atoms with van der Waals surface area (Å²) in [6.07, 6.45) is 0. The van der Waals surface area contributed by atoms with Crippen LogP contribution in [0.15, 0.2) is 42.5 Å². The van der Waals surface area contributed by atoms with Crippen molar-refractivity contribution in [2.75, 3.05) is 7.05 Å². The van der Waals surface area contributed by atoms with Crippen molar-refractivity contribution in [1.82, 2.24) is 9.03 Å². The Morgan fingerprint density at radius 1 is 1.22 bits per heavy atom. The molecule has 0 saturated carbocycles. The average Bonchev–Trinajstić information content (AvgIpc) is 2.49. The summed E-state index contributed by atoms with van der Waals surface area (Å²) in [6, 6.07) is 11.8. The van der Waals surface area contributed by atoms with E-state index in [2.05, 4.69) is 4.72 Å². The summed E-state index contributed by atoms with van der Waals surface area (Å²) in [7, 11) is -2.37. The number of nitrogens with zero attached hydrogens (tertiary/aromatic N) is 1. The van der Waals surface area contributed by atoms with Crippen LogP contribution >= 0.6 is 11.6 Å². The third-order valence-electron chi connectivity index (χ3n) is 3.39. The molecule has 0 unspecified atom stereocenters. The topological polar surface area (TPSA) is 49.4 Å². The van der Waals surface area contributed by atoms with Crippen LogP contribution in [0.4, 0.5) is 4.39 Å². The van der Waals surface area contributed by atoms with Crippen LogP contribution in [0, 0.1) is 12.7 Å². The molecule has 0 atom stereocenters. The van der Waals surface area contributed by atoms with Crippen LogP contribution in [0.5, 0.6) is 0 Å². The van der Waals surface area contributed by atoms with Crippen LogP contribution in [0.2, 0.25) is 5.02 Å². The van der Waals surface area contributed by atoms with Crippen LogP contribution in [-0.4, -0.2) is 19.8 Å². The van der Waals surface area contributed by atoms with Crippen molar-refractivity contribution in [2.24, 2.45) is 0 Å². The summed E-state index contributed by atoms with van der Waals surface area (Å²) >= 11 is 5.93. The molecule has 0 aliphatic carbocycles. The molecule has 2 rings (SSSR count). The molecule has 0 bridgehead atoms. The number of hydrogen-bond donors (Lipinski definition) is 1. The van der Waals surface area contributed by atoms with Gasteiger partial charge in [-0.25, -0.2) is 4.39 Å². The van der Waals surface area contributed by atoms with Crippen LogP contribution in [-0.2, 0) is 23.3 Å². The first-order valence-electron chi connectivity index (χ1n) is 6.99. The quantitative estimate of drug-likeness (QED) is 0.863. The number of aryl methyl sites for hydroxylation is 1. The molecule has 0 heterocycles. The smallest absolute Gasteiger partial charge is 0.207 e. The van der Waals surface area contributed by atoms with E-state index >= 15 is 0 Å². The predicted octanol–water partition coefficient (Wildman–Crippen LogP) is 3.25. The zero-order valence-corrected chi connectivity index (χ0v) is 14.5. The maximum absolute atomic E-state index is 13.8. The minimum atomic E-state index is -3.75. The van der Waals surface area contributed by atoms with Gasteiger partial charge in [-0.3, -0.25) is 0 Å². The number of nitrogens with one attached hydrogen (secondary N) is 1. The van der Waals surface area contributed by atoms with Crippen molar-refractivity contribution in [3.63, 3.8) is 0 Å². The van der Waals surface area contributed by atoms with E-state index in [9.17, 15) is 12.8 Å². The molecular formula is C16H18ClFN2O2S. The van der Waals surface area contributed by atoms with Crippen molar-refractivity contribution in [3.05, 3.63) is 70.0 Å². The number of hydrogen-bond acceptors (Lipinski definition) is 2. The van der Waals surface area contributed by atoms with Crippen LogP contribution in [0.3, 0.4) is 0 Å². The summed E-state index contributed by atoms with van der Waals surface area (Å²) in [5, 5.41) is 0.200. The highest BCUT2D eigenvalue weighted by Crippen LogP contribution is 2.21. The molecule has 0 aliphatic rings. The van der Waals surface area contributed by atoms with Crippen molar-refractivity contribution >= 4 is 21.8 Å². The molecule has 2 aromatic carbocycles. The van der Waals surface area contributed by atoms with Gasteiger partial charge in [0.05, 0.1) is 0 Å². The second-order valence-electron chi connectivity index (χ2n) is 5.27. The SMILES string of the molecule is Cc1cccc(CNS(=O)(=O)N(C)Cc2c(F)cccc2Cl)c1. The Bertz CT molecular complexity index is 776. The minimum absolute atomic E-state index is 0.144. The van der Waals surface area contributed by atoms with Gasteiger partial charge >= 0.3 is 0 Å². The highest BCUT2D eigenvalue weighted by molar-refractivity contribution is 7.87.